The maximum atomic E-state index is 3.47. The highest BCUT2D eigenvalue weighted by Gasteiger charge is 2.31. The van der Waals surface area contributed by atoms with E-state index in [0.29, 0.717) is 0 Å². The average molecular weight is 224 g/mol. The van der Waals surface area contributed by atoms with E-state index in [2.05, 4.69) is 24.2 Å². The van der Waals surface area contributed by atoms with Gasteiger partial charge in [0.05, 0.1) is 0 Å². The Labute approximate surface area is 101 Å². The molecule has 1 saturated carbocycles. The molecule has 0 bridgehead atoms. The lowest BCUT2D eigenvalue weighted by Gasteiger charge is -2.43. The molecular formula is C14H28N2. The summed E-state index contributed by atoms with van der Waals surface area (Å²) in [6.07, 6.45) is 9.91. The van der Waals surface area contributed by atoms with Crippen molar-refractivity contribution in [1.82, 2.24) is 10.2 Å². The van der Waals surface area contributed by atoms with Gasteiger partial charge in [-0.25, -0.2) is 0 Å². The second kappa shape index (κ2) is 6.02. The van der Waals surface area contributed by atoms with Crippen LogP contribution in [0.25, 0.3) is 0 Å². The maximum Gasteiger partial charge on any atom is 0.0123 e. The first-order chi connectivity index (χ1) is 7.83. The molecule has 2 rings (SSSR count). The summed E-state index contributed by atoms with van der Waals surface area (Å²) in [7, 11) is 2.38. The van der Waals surface area contributed by atoms with Gasteiger partial charge in [-0.15, -0.1) is 0 Å². The molecule has 2 atom stereocenters. The molecule has 2 fully saturated rings. The molecule has 0 amide bonds. The molecule has 94 valence electrons. The van der Waals surface area contributed by atoms with E-state index in [1.54, 1.807) is 0 Å². The molecule has 2 nitrogen and oxygen atoms in total. The molecule has 0 aromatic carbocycles. The fourth-order valence-corrected chi connectivity index (χ4v) is 3.69. The molecule has 1 aliphatic heterocycles. The zero-order valence-corrected chi connectivity index (χ0v) is 11.0. The Balaban J connectivity index is 1.92. The minimum Gasteiger partial charge on any atom is -0.317 e. The molecule has 2 unspecified atom stereocenters. The zero-order chi connectivity index (χ0) is 11.4. The van der Waals surface area contributed by atoms with Crippen LogP contribution in [0.1, 0.15) is 51.9 Å². The van der Waals surface area contributed by atoms with Crippen LogP contribution >= 0.6 is 0 Å². The topological polar surface area (TPSA) is 15.3 Å². The van der Waals surface area contributed by atoms with Crippen molar-refractivity contribution in [1.29, 1.82) is 0 Å². The summed E-state index contributed by atoms with van der Waals surface area (Å²) in [5.41, 5.74) is 0. The van der Waals surface area contributed by atoms with Crippen LogP contribution in [0, 0.1) is 5.92 Å². The Morgan fingerprint density at radius 2 is 1.75 bits per heavy atom. The van der Waals surface area contributed by atoms with Gasteiger partial charge in [-0.2, -0.15) is 0 Å². The van der Waals surface area contributed by atoms with E-state index < -0.39 is 0 Å². The largest absolute Gasteiger partial charge is 0.317 e. The summed E-state index contributed by atoms with van der Waals surface area (Å²) in [6.45, 7) is 4.82. The molecule has 16 heavy (non-hydrogen) atoms. The number of hydrogen-bond donors (Lipinski definition) is 1. The Morgan fingerprint density at radius 1 is 1.06 bits per heavy atom. The van der Waals surface area contributed by atoms with Crippen LogP contribution in [0.3, 0.4) is 0 Å². The highest BCUT2D eigenvalue weighted by Crippen LogP contribution is 2.32. The summed E-state index contributed by atoms with van der Waals surface area (Å²) >= 11 is 0. The molecule has 0 spiro atoms. The van der Waals surface area contributed by atoms with Gasteiger partial charge >= 0.3 is 0 Å². The lowest BCUT2D eigenvalue weighted by atomic mass is 9.81. The Morgan fingerprint density at radius 3 is 2.44 bits per heavy atom. The highest BCUT2D eigenvalue weighted by molar-refractivity contribution is 4.86. The maximum absolute atomic E-state index is 3.47. The zero-order valence-electron chi connectivity index (χ0n) is 11.0. The van der Waals surface area contributed by atoms with Gasteiger partial charge in [0, 0.05) is 12.1 Å². The third-order valence-corrected chi connectivity index (χ3v) is 4.80. The van der Waals surface area contributed by atoms with Crippen molar-refractivity contribution in [3.05, 3.63) is 0 Å². The monoisotopic (exact) mass is 224 g/mol. The van der Waals surface area contributed by atoms with Gasteiger partial charge in [0.2, 0.25) is 0 Å². The molecule has 1 N–H and O–H groups in total. The van der Waals surface area contributed by atoms with E-state index in [0.717, 1.165) is 18.0 Å². The van der Waals surface area contributed by atoms with Crippen LogP contribution in [-0.2, 0) is 0 Å². The summed E-state index contributed by atoms with van der Waals surface area (Å²) in [6, 6.07) is 1.72. The number of piperidine rings is 1. The average Bonchev–Trinajstić information content (AvgIpc) is 2.39. The smallest absolute Gasteiger partial charge is 0.0123 e. The van der Waals surface area contributed by atoms with Crippen LogP contribution in [0.15, 0.2) is 0 Å². The van der Waals surface area contributed by atoms with Crippen LogP contribution in [0.2, 0.25) is 0 Å². The first-order valence-electron chi connectivity index (χ1n) is 7.25. The Bertz CT molecular complexity index is 199. The van der Waals surface area contributed by atoms with Crippen molar-refractivity contribution >= 4 is 0 Å². The predicted molar refractivity (Wildman–Crippen MR) is 69.7 cm³/mol. The van der Waals surface area contributed by atoms with Gasteiger partial charge < -0.3 is 10.2 Å². The van der Waals surface area contributed by atoms with Gasteiger partial charge in [0.15, 0.2) is 0 Å². The van der Waals surface area contributed by atoms with Crippen molar-refractivity contribution in [3.8, 4) is 0 Å². The fourth-order valence-electron chi connectivity index (χ4n) is 3.69. The number of nitrogens with zero attached hydrogens (tertiary/aromatic N) is 1. The van der Waals surface area contributed by atoms with E-state index in [-0.39, 0.29) is 0 Å². The van der Waals surface area contributed by atoms with Crippen molar-refractivity contribution in [2.45, 2.75) is 64.0 Å². The molecule has 0 aromatic rings. The van der Waals surface area contributed by atoms with Crippen molar-refractivity contribution < 1.29 is 0 Å². The summed E-state index contributed by atoms with van der Waals surface area (Å²) in [5.74, 6) is 0.966. The Hall–Kier alpha value is -0.0800. The van der Waals surface area contributed by atoms with Gasteiger partial charge in [-0.1, -0.05) is 26.2 Å². The molecule has 0 radical (unpaired) electrons. The summed E-state index contributed by atoms with van der Waals surface area (Å²) < 4.78 is 0. The lowest BCUT2D eigenvalue weighted by Crippen LogP contribution is -2.49. The van der Waals surface area contributed by atoms with Gasteiger partial charge in [0.1, 0.15) is 0 Å². The van der Waals surface area contributed by atoms with Crippen molar-refractivity contribution in [2.75, 3.05) is 20.1 Å². The number of nitrogens with one attached hydrogen (secondary N) is 1. The third kappa shape index (κ3) is 2.78. The molecule has 0 aromatic heterocycles. The van der Waals surface area contributed by atoms with Gasteiger partial charge in [-0.3, -0.25) is 0 Å². The second-order valence-corrected chi connectivity index (χ2v) is 5.67. The van der Waals surface area contributed by atoms with Crippen LogP contribution in [0.4, 0.5) is 0 Å². The van der Waals surface area contributed by atoms with E-state index in [1.807, 2.05) is 0 Å². The van der Waals surface area contributed by atoms with E-state index in [1.165, 1.54) is 58.0 Å². The van der Waals surface area contributed by atoms with Gasteiger partial charge in [-0.05, 0) is 51.7 Å². The molecule has 2 aliphatic rings. The quantitative estimate of drug-likeness (QED) is 0.793. The van der Waals surface area contributed by atoms with Crippen LogP contribution < -0.4 is 5.32 Å². The molecule has 1 aliphatic carbocycles. The standard InChI is InChI=1S/C14H28N2/c1-3-12-6-4-5-7-14(12)16(2)13-8-10-15-11-9-13/h12-15H,3-11H2,1-2H3. The van der Waals surface area contributed by atoms with E-state index >= 15 is 0 Å². The van der Waals surface area contributed by atoms with Crippen molar-refractivity contribution in [2.24, 2.45) is 5.92 Å². The van der Waals surface area contributed by atoms with E-state index in [4.69, 9.17) is 0 Å². The molecular weight excluding hydrogens is 196 g/mol. The lowest BCUT2D eigenvalue weighted by molar-refractivity contribution is 0.0723. The fraction of sp³-hybridized carbons (Fsp3) is 1.00. The first-order valence-corrected chi connectivity index (χ1v) is 7.25. The van der Waals surface area contributed by atoms with Crippen molar-refractivity contribution in [3.63, 3.8) is 0 Å². The Kier molecular flexibility index (Phi) is 4.66. The van der Waals surface area contributed by atoms with E-state index in [9.17, 15) is 0 Å². The number of hydrogen-bond acceptors (Lipinski definition) is 2. The molecule has 2 heteroatoms. The predicted octanol–water partition coefficient (Wildman–Crippen LogP) is 2.64. The number of rotatable bonds is 3. The summed E-state index contributed by atoms with van der Waals surface area (Å²) in [4.78, 5) is 2.73. The minimum atomic E-state index is 0.846. The normalized spacial score (nSPS) is 33.2. The van der Waals surface area contributed by atoms with Gasteiger partial charge in [0.25, 0.3) is 0 Å². The SMILES string of the molecule is CCC1CCCCC1N(C)C1CCNCC1. The van der Waals surface area contributed by atoms with Crippen LogP contribution in [0.5, 0.6) is 0 Å². The minimum absolute atomic E-state index is 0.846. The third-order valence-electron chi connectivity index (χ3n) is 4.80. The highest BCUT2D eigenvalue weighted by atomic mass is 15.2. The molecule has 1 saturated heterocycles. The molecule has 1 heterocycles. The first kappa shape index (κ1) is 12.4. The second-order valence-electron chi connectivity index (χ2n) is 5.67. The summed E-state index contributed by atoms with van der Waals surface area (Å²) in [5, 5.41) is 3.47. The van der Waals surface area contributed by atoms with Crippen LogP contribution in [-0.4, -0.2) is 37.1 Å².